The lowest BCUT2D eigenvalue weighted by Crippen LogP contribution is -1.87. The van der Waals surface area contributed by atoms with Crippen LogP contribution in [0.1, 0.15) is 0 Å². The molecule has 6 heteroatoms. The third kappa shape index (κ3) is 3.69. The van der Waals surface area contributed by atoms with Gasteiger partial charge in [-0.2, -0.15) is 0 Å². The Morgan fingerprint density at radius 1 is 0.700 bits per heavy atom. The van der Waals surface area contributed by atoms with Gasteiger partial charge in [0.1, 0.15) is 0 Å². The largest absolute Gasteiger partial charge is 0.214 e. The molecular weight excluding hydrogens is 456 g/mol. The first-order valence-electron chi connectivity index (χ1n) is 5.96. The van der Waals surface area contributed by atoms with E-state index in [-0.39, 0.29) is 0 Å². The Morgan fingerprint density at radius 3 is 1.20 bits per heavy atom. The van der Waals surface area contributed by atoms with Crippen molar-refractivity contribution in [2.75, 3.05) is 37.5 Å². The van der Waals surface area contributed by atoms with Gasteiger partial charge >= 0.3 is 0 Å². The van der Waals surface area contributed by atoms with Gasteiger partial charge in [-0.05, 0) is 81.5 Å². The van der Waals surface area contributed by atoms with Crippen molar-refractivity contribution in [3.63, 3.8) is 0 Å². The van der Waals surface area contributed by atoms with E-state index in [0.717, 1.165) is 0 Å². The number of rotatable bonds is 3. The van der Waals surface area contributed by atoms with Crippen molar-refractivity contribution in [2.45, 2.75) is 8.42 Å². The lowest BCUT2D eigenvalue weighted by Gasteiger charge is -2.23. The lowest BCUT2D eigenvalue weighted by atomic mass is 10.4. The fourth-order valence-electron chi connectivity index (χ4n) is 1.61. The van der Waals surface area contributed by atoms with E-state index in [0.29, 0.717) is 0 Å². The Kier molecular flexibility index (Phi) is 5.16. The highest BCUT2D eigenvalue weighted by Gasteiger charge is 2.21. The fraction of sp³-hybridized carbons (Fsp3) is 0.429. The van der Waals surface area contributed by atoms with Crippen LogP contribution < -0.4 is 0 Å². The van der Waals surface area contributed by atoms with Gasteiger partial charge in [0, 0.05) is 17.4 Å². The fourth-order valence-corrected chi connectivity index (χ4v) is 8.98. The van der Waals surface area contributed by atoms with Crippen LogP contribution in [0, 0.1) is 0 Å². The third-order valence-corrected chi connectivity index (χ3v) is 12.7. The molecule has 0 nitrogen and oxygen atoms in total. The molecule has 0 radical (unpaired) electrons. The number of thiophene rings is 2. The second-order valence-electron chi connectivity index (χ2n) is 6.16. The van der Waals surface area contributed by atoms with Crippen LogP contribution in [0.25, 0.3) is 9.75 Å². The van der Waals surface area contributed by atoms with Crippen molar-refractivity contribution in [3.8, 4) is 9.75 Å². The average molecular weight is 476 g/mol. The maximum atomic E-state index is 3.76. The SMILES string of the molecule is CS(C)(C)c1cc(Br)c(-c2sc(S(C)(C)C)cc2Br)s1. The molecule has 0 aliphatic rings. The van der Waals surface area contributed by atoms with E-state index in [1.54, 1.807) is 0 Å². The highest BCUT2D eigenvalue weighted by molar-refractivity contribution is 9.11. The molecule has 0 bridgehead atoms. The van der Waals surface area contributed by atoms with E-state index in [9.17, 15) is 0 Å². The van der Waals surface area contributed by atoms with E-state index in [4.69, 9.17) is 0 Å². The van der Waals surface area contributed by atoms with Crippen LogP contribution in [0.5, 0.6) is 0 Å². The van der Waals surface area contributed by atoms with E-state index in [1.165, 1.54) is 27.1 Å². The first-order chi connectivity index (χ1) is 9.00. The second kappa shape index (κ2) is 5.93. The standard InChI is InChI=1S/C14H20Br2S4/c1-19(2,3)11-7-9(15)13(17-11)14-10(16)8-12(18-14)20(4,5)6/h7-8H,1-6H3. The number of hydrogen-bond acceptors (Lipinski definition) is 2. The van der Waals surface area contributed by atoms with Crippen LogP contribution in [0.4, 0.5) is 0 Å². The van der Waals surface area contributed by atoms with E-state index in [1.807, 2.05) is 22.7 Å². The van der Waals surface area contributed by atoms with Crippen molar-refractivity contribution >= 4 is 74.6 Å². The van der Waals surface area contributed by atoms with E-state index >= 15 is 0 Å². The highest BCUT2D eigenvalue weighted by Crippen LogP contribution is 2.57. The molecule has 20 heavy (non-hydrogen) atoms. The quantitative estimate of drug-likeness (QED) is 0.443. The molecule has 114 valence electrons. The summed E-state index contributed by atoms with van der Waals surface area (Å²) in [6, 6.07) is 4.62. The molecule has 0 amide bonds. The number of halogens is 2. The molecular formula is C14H20Br2S4. The minimum Gasteiger partial charge on any atom is -0.214 e. The molecule has 2 rings (SSSR count). The predicted molar refractivity (Wildman–Crippen MR) is 110 cm³/mol. The van der Waals surface area contributed by atoms with Crippen molar-refractivity contribution in [3.05, 3.63) is 21.1 Å². The van der Waals surface area contributed by atoms with Crippen molar-refractivity contribution in [1.82, 2.24) is 0 Å². The minimum absolute atomic E-state index is 0.664. The van der Waals surface area contributed by atoms with Gasteiger partial charge in [0.05, 0.1) is 9.75 Å². The van der Waals surface area contributed by atoms with Gasteiger partial charge in [-0.1, -0.05) is 0 Å². The molecule has 0 unspecified atom stereocenters. The molecule has 0 spiro atoms. The molecule has 0 saturated heterocycles. The Hall–Kier alpha value is 1.06. The molecule has 0 aliphatic carbocycles. The molecule has 2 aromatic heterocycles. The maximum Gasteiger partial charge on any atom is 0.0607 e. The van der Waals surface area contributed by atoms with Crippen LogP contribution in [-0.2, 0) is 0 Å². The smallest absolute Gasteiger partial charge is 0.0607 e. The normalized spacial score (nSPS) is 14.6. The van der Waals surface area contributed by atoms with E-state index in [2.05, 4.69) is 81.5 Å². The van der Waals surface area contributed by atoms with Gasteiger partial charge in [0.25, 0.3) is 0 Å². The summed E-state index contributed by atoms with van der Waals surface area (Å²) in [4.78, 5) is 2.74. The maximum absolute atomic E-state index is 3.76. The molecule has 2 heterocycles. The van der Waals surface area contributed by atoms with Gasteiger partial charge in [0.15, 0.2) is 0 Å². The summed E-state index contributed by atoms with van der Waals surface area (Å²) in [6.45, 7) is 0. The van der Waals surface area contributed by atoms with Crippen molar-refractivity contribution in [2.24, 2.45) is 0 Å². The summed E-state index contributed by atoms with van der Waals surface area (Å²) in [5, 5.41) is 0. The zero-order valence-corrected chi connectivity index (χ0v) is 19.0. The van der Waals surface area contributed by atoms with Crippen LogP contribution in [0.15, 0.2) is 29.5 Å². The van der Waals surface area contributed by atoms with Gasteiger partial charge in [-0.15, -0.1) is 22.7 Å². The highest BCUT2D eigenvalue weighted by atomic mass is 79.9. The van der Waals surface area contributed by atoms with E-state index < -0.39 is 20.1 Å². The molecule has 0 fully saturated rings. The van der Waals surface area contributed by atoms with Crippen molar-refractivity contribution < 1.29 is 0 Å². The summed E-state index contributed by atoms with van der Waals surface area (Å²) in [6.07, 6.45) is 14.1. The first kappa shape index (κ1) is 17.4. The Bertz CT molecular complexity index is 570. The van der Waals surface area contributed by atoms with Crippen molar-refractivity contribution in [1.29, 1.82) is 0 Å². The summed E-state index contributed by atoms with van der Waals surface area (Å²) in [5.74, 6) is 0. The van der Waals surface area contributed by atoms with Gasteiger partial charge in [-0.3, -0.25) is 0 Å². The van der Waals surface area contributed by atoms with Gasteiger partial charge in [0.2, 0.25) is 0 Å². The summed E-state index contributed by atoms with van der Waals surface area (Å²) in [7, 11) is -1.33. The monoisotopic (exact) mass is 474 g/mol. The van der Waals surface area contributed by atoms with Crippen LogP contribution in [0.2, 0.25) is 0 Å². The van der Waals surface area contributed by atoms with Gasteiger partial charge in [-0.25, -0.2) is 20.1 Å². The Morgan fingerprint density at radius 2 is 1.00 bits per heavy atom. The molecule has 0 N–H and O–H groups in total. The molecule has 0 atom stereocenters. The lowest BCUT2D eigenvalue weighted by molar-refractivity contribution is 1.63. The Balaban J connectivity index is 2.53. The predicted octanol–water partition coefficient (Wildman–Crippen LogP) is 7.11. The van der Waals surface area contributed by atoms with Crippen LogP contribution in [-0.4, -0.2) is 37.5 Å². The number of hydrogen-bond donors (Lipinski definition) is 0. The summed E-state index contributed by atoms with van der Waals surface area (Å²) in [5.41, 5.74) is 0. The average Bonchev–Trinajstić information content (AvgIpc) is 2.80. The third-order valence-electron chi connectivity index (χ3n) is 2.74. The molecule has 0 aromatic carbocycles. The Labute approximate surface area is 150 Å². The first-order valence-corrected chi connectivity index (χ1v) is 14.9. The summed E-state index contributed by atoms with van der Waals surface area (Å²) >= 11 is 11.4. The molecule has 0 aliphatic heterocycles. The van der Waals surface area contributed by atoms with Crippen LogP contribution >= 0.6 is 74.6 Å². The molecule has 0 saturated carbocycles. The zero-order chi connectivity index (χ0) is 15.3. The van der Waals surface area contributed by atoms with Gasteiger partial charge < -0.3 is 0 Å². The zero-order valence-electron chi connectivity index (χ0n) is 12.5. The summed E-state index contributed by atoms with van der Waals surface area (Å²) < 4.78 is 5.48. The second-order valence-corrected chi connectivity index (χ2v) is 18.7. The minimum atomic E-state index is -0.664. The van der Waals surface area contributed by atoms with Crippen LogP contribution in [0.3, 0.4) is 0 Å². The topological polar surface area (TPSA) is 0 Å². The molecule has 2 aromatic rings.